The third-order valence-electron chi connectivity index (χ3n) is 2.84. The van der Waals surface area contributed by atoms with Gasteiger partial charge in [0, 0.05) is 6.54 Å². The summed E-state index contributed by atoms with van der Waals surface area (Å²) >= 11 is 0. The molecule has 0 saturated carbocycles. The van der Waals surface area contributed by atoms with Crippen LogP contribution >= 0.6 is 0 Å². The number of benzene rings is 1. The van der Waals surface area contributed by atoms with Crippen molar-refractivity contribution in [2.75, 3.05) is 13.7 Å². The average Bonchev–Trinajstić information content (AvgIpc) is 2.37. The first kappa shape index (κ1) is 14.3. The molecule has 18 heavy (non-hydrogen) atoms. The summed E-state index contributed by atoms with van der Waals surface area (Å²) in [6, 6.07) is 7.64. The molecular formula is C15H21NO2. The topological polar surface area (TPSA) is 38.3 Å². The van der Waals surface area contributed by atoms with Gasteiger partial charge in [-0.2, -0.15) is 0 Å². The van der Waals surface area contributed by atoms with Crippen LogP contribution in [0.5, 0.6) is 5.75 Å². The fraction of sp³-hybridized carbons (Fsp3) is 0.400. The number of nitrogens with one attached hydrogen (secondary N) is 1. The van der Waals surface area contributed by atoms with Crippen molar-refractivity contribution < 1.29 is 9.53 Å². The summed E-state index contributed by atoms with van der Waals surface area (Å²) in [6.07, 6.45) is 1.68. The van der Waals surface area contributed by atoms with Gasteiger partial charge >= 0.3 is 0 Å². The number of hydrogen-bond acceptors (Lipinski definition) is 2. The number of carbonyl (C=O) groups is 1. The fourth-order valence-electron chi connectivity index (χ4n) is 1.93. The molecule has 0 heterocycles. The lowest BCUT2D eigenvalue weighted by Crippen LogP contribution is -2.32. The maximum atomic E-state index is 12.1. The average molecular weight is 247 g/mol. The van der Waals surface area contributed by atoms with Crippen LogP contribution in [-0.2, 0) is 4.79 Å². The molecular weight excluding hydrogens is 226 g/mol. The second-order valence-corrected chi connectivity index (χ2v) is 4.53. The molecule has 0 spiro atoms. The van der Waals surface area contributed by atoms with E-state index >= 15 is 0 Å². The molecule has 0 aromatic heterocycles. The maximum Gasteiger partial charge on any atom is 0.228 e. The summed E-state index contributed by atoms with van der Waals surface area (Å²) in [5.41, 5.74) is 1.01. The lowest BCUT2D eigenvalue weighted by Gasteiger charge is -2.20. The molecule has 0 aliphatic rings. The van der Waals surface area contributed by atoms with Crippen LogP contribution in [0.2, 0.25) is 0 Å². The smallest absolute Gasteiger partial charge is 0.228 e. The fourth-order valence-corrected chi connectivity index (χ4v) is 1.93. The zero-order chi connectivity index (χ0) is 13.5. The summed E-state index contributed by atoms with van der Waals surface area (Å²) in [7, 11) is 1.63. The van der Waals surface area contributed by atoms with E-state index in [0.717, 1.165) is 11.3 Å². The Labute approximate surface area is 109 Å². The van der Waals surface area contributed by atoms with E-state index in [1.165, 1.54) is 0 Å². The second-order valence-electron chi connectivity index (χ2n) is 4.53. The Morgan fingerprint density at radius 2 is 2.00 bits per heavy atom. The summed E-state index contributed by atoms with van der Waals surface area (Å²) in [4.78, 5) is 12.1. The van der Waals surface area contributed by atoms with Crippen LogP contribution in [-0.4, -0.2) is 19.6 Å². The van der Waals surface area contributed by atoms with Crippen LogP contribution in [0.1, 0.15) is 25.3 Å². The lowest BCUT2D eigenvalue weighted by molar-refractivity contribution is -0.123. The van der Waals surface area contributed by atoms with Crippen molar-refractivity contribution in [3.63, 3.8) is 0 Å². The quantitative estimate of drug-likeness (QED) is 0.785. The highest BCUT2D eigenvalue weighted by Gasteiger charge is 2.23. The molecule has 3 nitrogen and oxygen atoms in total. The molecule has 0 bridgehead atoms. The van der Waals surface area contributed by atoms with Gasteiger partial charge in [0.15, 0.2) is 0 Å². The van der Waals surface area contributed by atoms with Gasteiger partial charge in [0.2, 0.25) is 5.91 Å². The summed E-state index contributed by atoms with van der Waals surface area (Å²) in [5.74, 6) is 0.932. The van der Waals surface area contributed by atoms with Crippen molar-refractivity contribution in [1.82, 2.24) is 5.32 Å². The molecule has 1 aromatic carbocycles. The Morgan fingerprint density at radius 1 is 1.39 bits per heavy atom. The van der Waals surface area contributed by atoms with Crippen molar-refractivity contribution in [2.45, 2.75) is 19.8 Å². The minimum absolute atomic E-state index is 0.0371. The van der Waals surface area contributed by atoms with Gasteiger partial charge in [0.25, 0.3) is 0 Å². The molecule has 0 radical (unpaired) electrons. The van der Waals surface area contributed by atoms with Gasteiger partial charge in [-0.25, -0.2) is 0 Å². The molecule has 0 aliphatic heterocycles. The number of carbonyl (C=O) groups excluding carboxylic acids is 1. The predicted molar refractivity (Wildman–Crippen MR) is 73.8 cm³/mol. The van der Waals surface area contributed by atoms with Gasteiger partial charge < -0.3 is 10.1 Å². The van der Waals surface area contributed by atoms with Crippen molar-refractivity contribution in [3.8, 4) is 5.75 Å². The van der Waals surface area contributed by atoms with Crippen LogP contribution in [0.4, 0.5) is 0 Å². The molecule has 3 heteroatoms. The van der Waals surface area contributed by atoms with Gasteiger partial charge in [-0.1, -0.05) is 32.1 Å². The van der Waals surface area contributed by atoms with Crippen LogP contribution in [0, 0.1) is 5.92 Å². The minimum atomic E-state index is -0.143. The van der Waals surface area contributed by atoms with Gasteiger partial charge in [-0.15, -0.1) is 6.58 Å². The highest BCUT2D eigenvalue weighted by atomic mass is 16.5. The number of ether oxygens (including phenoxy) is 1. The Bertz CT molecular complexity index is 395. The van der Waals surface area contributed by atoms with E-state index in [2.05, 4.69) is 11.9 Å². The normalized spacial score (nSPS) is 12.0. The standard InChI is InChI=1S/C15H21NO2/c1-5-10-16-15(17)14(11(2)3)12-6-8-13(18-4)9-7-12/h5-9,11,14H,1,10H2,2-4H3,(H,16,17). The summed E-state index contributed by atoms with van der Waals surface area (Å²) in [6.45, 7) is 8.19. The van der Waals surface area contributed by atoms with Crippen LogP contribution < -0.4 is 10.1 Å². The number of hydrogen-bond donors (Lipinski definition) is 1. The molecule has 1 aromatic rings. The highest BCUT2D eigenvalue weighted by molar-refractivity contribution is 5.84. The van der Waals surface area contributed by atoms with E-state index in [0.29, 0.717) is 6.54 Å². The van der Waals surface area contributed by atoms with Crippen molar-refractivity contribution in [2.24, 2.45) is 5.92 Å². The van der Waals surface area contributed by atoms with Crippen LogP contribution in [0.3, 0.4) is 0 Å². The van der Waals surface area contributed by atoms with Gasteiger partial charge in [0.05, 0.1) is 13.0 Å². The molecule has 0 saturated heterocycles. The first-order valence-corrected chi connectivity index (χ1v) is 6.12. The number of amides is 1. The predicted octanol–water partition coefficient (Wildman–Crippen LogP) is 2.74. The zero-order valence-electron chi connectivity index (χ0n) is 11.3. The lowest BCUT2D eigenvalue weighted by atomic mass is 9.87. The molecule has 0 aliphatic carbocycles. The van der Waals surface area contributed by atoms with E-state index in [1.807, 2.05) is 38.1 Å². The van der Waals surface area contributed by atoms with E-state index in [9.17, 15) is 4.79 Å². The summed E-state index contributed by atoms with van der Waals surface area (Å²) < 4.78 is 5.12. The van der Waals surface area contributed by atoms with Crippen molar-refractivity contribution >= 4 is 5.91 Å². The third-order valence-corrected chi connectivity index (χ3v) is 2.84. The zero-order valence-corrected chi connectivity index (χ0v) is 11.3. The maximum absolute atomic E-state index is 12.1. The molecule has 1 atom stereocenters. The molecule has 1 amide bonds. The Kier molecular flexibility index (Phi) is 5.43. The van der Waals surface area contributed by atoms with E-state index < -0.39 is 0 Å². The first-order valence-electron chi connectivity index (χ1n) is 6.12. The third kappa shape index (κ3) is 3.62. The molecule has 1 rings (SSSR count). The van der Waals surface area contributed by atoms with Crippen LogP contribution in [0.25, 0.3) is 0 Å². The van der Waals surface area contributed by atoms with Gasteiger partial charge in [0.1, 0.15) is 5.75 Å². The molecule has 0 fully saturated rings. The van der Waals surface area contributed by atoms with Gasteiger partial charge in [-0.3, -0.25) is 4.79 Å². The highest BCUT2D eigenvalue weighted by Crippen LogP contribution is 2.26. The Balaban J connectivity index is 2.89. The van der Waals surface area contributed by atoms with Crippen molar-refractivity contribution in [1.29, 1.82) is 0 Å². The summed E-state index contributed by atoms with van der Waals surface area (Å²) in [5, 5.41) is 2.85. The van der Waals surface area contributed by atoms with Gasteiger partial charge in [-0.05, 0) is 23.6 Å². The molecule has 98 valence electrons. The Morgan fingerprint density at radius 3 is 2.44 bits per heavy atom. The minimum Gasteiger partial charge on any atom is -0.497 e. The second kappa shape index (κ2) is 6.84. The monoisotopic (exact) mass is 247 g/mol. The Hall–Kier alpha value is -1.77. The van der Waals surface area contributed by atoms with E-state index in [1.54, 1.807) is 13.2 Å². The first-order chi connectivity index (χ1) is 8.60. The largest absolute Gasteiger partial charge is 0.497 e. The van der Waals surface area contributed by atoms with Crippen LogP contribution in [0.15, 0.2) is 36.9 Å². The SMILES string of the molecule is C=CCNC(=O)C(c1ccc(OC)cc1)C(C)C. The number of methoxy groups -OCH3 is 1. The van der Waals surface area contributed by atoms with E-state index in [-0.39, 0.29) is 17.7 Å². The molecule has 1 unspecified atom stereocenters. The molecule has 1 N–H and O–H groups in total. The van der Waals surface area contributed by atoms with Crippen molar-refractivity contribution in [3.05, 3.63) is 42.5 Å². The number of rotatable bonds is 6. The van der Waals surface area contributed by atoms with E-state index in [4.69, 9.17) is 4.74 Å².